The van der Waals surface area contributed by atoms with E-state index in [4.69, 9.17) is 19.8 Å². The Morgan fingerprint density at radius 3 is 2.38 bits per heavy atom. The Morgan fingerprint density at radius 1 is 0.833 bits per heavy atom. The Morgan fingerprint density at radius 2 is 1.65 bits per heavy atom. The number of carbonyl (C=O) groups is 2. The summed E-state index contributed by atoms with van der Waals surface area (Å²) in [6, 6.07) is 18.1. The van der Waals surface area contributed by atoms with E-state index in [2.05, 4.69) is 63.3 Å². The molecule has 338 valence electrons. The number of benzene rings is 1. The topological polar surface area (TPSA) is 178 Å². The fourth-order valence-electron chi connectivity index (χ4n) is 10.6. The Kier molecular flexibility index (Phi) is 11.3. The van der Waals surface area contributed by atoms with Crippen molar-refractivity contribution in [1.29, 1.82) is 5.26 Å². The molecule has 9 heterocycles. The summed E-state index contributed by atoms with van der Waals surface area (Å²) < 4.78 is 25.2. The molecule has 1 aromatic carbocycles. The lowest BCUT2D eigenvalue weighted by molar-refractivity contribution is -0.133. The normalized spacial score (nSPS) is 24.0. The largest absolute Gasteiger partial charge is 0.378 e. The first-order valence-electron chi connectivity index (χ1n) is 23.0. The van der Waals surface area contributed by atoms with Crippen LogP contribution in [0.15, 0.2) is 85.7 Å². The number of aromatic nitrogens is 7. The number of hydrogen-bond acceptors (Lipinski definition) is 14. The summed E-state index contributed by atoms with van der Waals surface area (Å²) in [5.41, 5.74) is 6.25. The van der Waals surface area contributed by atoms with Crippen molar-refractivity contribution in [2.45, 2.75) is 75.3 Å². The number of nitrogens with one attached hydrogen (secondary N) is 2. The number of morpholine rings is 1. The fraction of sp³-hybridized carbons (Fsp3) is 0.417. The zero-order chi connectivity index (χ0) is 44.7. The summed E-state index contributed by atoms with van der Waals surface area (Å²) >= 11 is 0. The lowest BCUT2D eigenvalue weighted by Gasteiger charge is -2.50. The van der Waals surface area contributed by atoms with Crippen molar-refractivity contribution in [1.82, 2.24) is 49.5 Å². The summed E-state index contributed by atoms with van der Waals surface area (Å²) in [5.74, 6) is -0.0909. The summed E-state index contributed by atoms with van der Waals surface area (Å²) in [4.78, 5) is 47.9. The monoisotopic (exact) mass is 890 g/mol. The number of imide groups is 1. The van der Waals surface area contributed by atoms with Gasteiger partial charge in [-0.15, -0.1) is 0 Å². The quantitative estimate of drug-likeness (QED) is 0.181. The van der Waals surface area contributed by atoms with Crippen molar-refractivity contribution in [3.63, 3.8) is 0 Å². The van der Waals surface area contributed by atoms with Gasteiger partial charge >= 0.3 is 0 Å². The average molecular weight is 891 g/mol. The highest BCUT2D eigenvalue weighted by Gasteiger charge is 2.39. The SMILES string of the molecule is N#Cc1cnn2cc(-c3cnn(C4CCC(N5CCN(c6ccc(N[C@@H]7CCC(=O)NC7=O)cc6F)CC5)CC4)c3)nc(-c3ccc(N4C[C@@H]5COC[C@@H](C4)N5Cc4ccccn4)nc3)c12. The number of pyridine rings is 2. The Labute approximate surface area is 381 Å². The third-order valence-corrected chi connectivity index (χ3v) is 14.1. The van der Waals surface area contributed by atoms with Gasteiger partial charge < -0.3 is 19.9 Å². The van der Waals surface area contributed by atoms with Crippen molar-refractivity contribution in [2.24, 2.45) is 0 Å². The van der Waals surface area contributed by atoms with Crippen LogP contribution in [0.2, 0.25) is 0 Å². The van der Waals surface area contributed by atoms with E-state index in [-0.39, 0.29) is 42.2 Å². The number of carbonyl (C=O) groups excluding carboxylic acids is 2. The standard InChI is InChI=1S/C48H51FN14O3/c49-40-19-34(55-41-10-13-45(64)57-48(41)65)5-11-43(40)59-17-15-58(16-18-59)36-6-8-37(9-7-36)62-24-33(23-53-62)42-28-63-47(32(20-50)22-54-63)46(56-42)31-4-12-44(52-21-31)60-26-38-29-66-30-39(27-60)61(38)25-35-3-1-2-14-51-35/h1-5,11-12,14,19,21-24,28,36-39,41,55H,6-10,13,15-18,25-27,29-30H2,(H,57,64,65)/t36?,37?,38-,39-,41-/m1/s1. The number of rotatable bonds is 10. The van der Waals surface area contributed by atoms with Crippen molar-refractivity contribution < 1.29 is 18.7 Å². The first-order valence-corrected chi connectivity index (χ1v) is 23.0. The molecule has 3 atom stereocenters. The summed E-state index contributed by atoms with van der Waals surface area (Å²) in [6.45, 7) is 6.89. The van der Waals surface area contributed by atoms with Crippen molar-refractivity contribution in [3.05, 3.63) is 103 Å². The van der Waals surface area contributed by atoms with Crippen LogP contribution in [0.3, 0.4) is 0 Å². The van der Waals surface area contributed by atoms with Gasteiger partial charge in [-0.1, -0.05) is 6.07 Å². The third-order valence-electron chi connectivity index (χ3n) is 14.1. The van der Waals surface area contributed by atoms with Crippen molar-refractivity contribution in [3.8, 4) is 28.6 Å². The van der Waals surface area contributed by atoms with Gasteiger partial charge in [0, 0.05) is 93.7 Å². The molecule has 0 spiro atoms. The maximum atomic E-state index is 15.4. The molecule has 2 N–H and O–H groups in total. The van der Waals surface area contributed by atoms with Crippen LogP contribution in [0, 0.1) is 17.1 Å². The van der Waals surface area contributed by atoms with E-state index in [1.54, 1.807) is 22.8 Å². The first kappa shape index (κ1) is 41.9. The van der Waals surface area contributed by atoms with Crippen LogP contribution in [0.25, 0.3) is 28.0 Å². The second-order valence-electron chi connectivity index (χ2n) is 18.1. The Hall–Kier alpha value is -6.81. The van der Waals surface area contributed by atoms with Crippen LogP contribution in [0.4, 0.5) is 21.6 Å². The van der Waals surface area contributed by atoms with Gasteiger partial charge in [-0.2, -0.15) is 15.5 Å². The molecule has 66 heavy (non-hydrogen) atoms. The van der Waals surface area contributed by atoms with Gasteiger partial charge in [0.25, 0.3) is 0 Å². The van der Waals surface area contributed by atoms with Gasteiger partial charge in [0.2, 0.25) is 11.8 Å². The van der Waals surface area contributed by atoms with Crippen LogP contribution in [-0.2, 0) is 20.9 Å². The number of piperidine rings is 1. The van der Waals surface area contributed by atoms with Crippen molar-refractivity contribution in [2.75, 3.05) is 67.6 Å². The van der Waals surface area contributed by atoms with Gasteiger partial charge in [0.15, 0.2) is 0 Å². The number of hydrogen-bond donors (Lipinski definition) is 2. The predicted octanol–water partition coefficient (Wildman–Crippen LogP) is 4.67. The highest BCUT2D eigenvalue weighted by molar-refractivity contribution is 6.01. The van der Waals surface area contributed by atoms with E-state index in [1.165, 1.54) is 6.07 Å². The molecule has 5 fully saturated rings. The molecule has 4 saturated heterocycles. The number of anilines is 3. The Bertz CT molecular complexity index is 2760. The van der Waals surface area contributed by atoms with E-state index in [9.17, 15) is 14.9 Å². The zero-order valence-corrected chi connectivity index (χ0v) is 36.5. The van der Waals surface area contributed by atoms with Gasteiger partial charge in [0.05, 0.1) is 72.7 Å². The second-order valence-corrected chi connectivity index (χ2v) is 18.1. The minimum atomic E-state index is -0.559. The lowest BCUT2D eigenvalue weighted by atomic mass is 9.90. The van der Waals surface area contributed by atoms with Gasteiger partial charge in [-0.3, -0.25) is 34.4 Å². The summed E-state index contributed by atoms with van der Waals surface area (Å²) in [5, 5.41) is 24.8. The average Bonchev–Trinajstić information content (AvgIpc) is 4.01. The molecule has 5 aliphatic rings. The predicted molar refractivity (Wildman–Crippen MR) is 244 cm³/mol. The minimum absolute atomic E-state index is 0.228. The molecule has 17 nitrogen and oxygen atoms in total. The molecule has 2 amide bonds. The Balaban J connectivity index is 0.722. The molecule has 6 aromatic rings. The van der Waals surface area contributed by atoms with Crippen molar-refractivity contribution >= 4 is 34.5 Å². The number of halogens is 1. The van der Waals surface area contributed by atoms with E-state index in [0.717, 1.165) is 94.1 Å². The van der Waals surface area contributed by atoms with Crippen LogP contribution in [-0.4, -0.2) is 133 Å². The number of ether oxygens (including phenoxy) is 1. The minimum Gasteiger partial charge on any atom is -0.378 e. The molecule has 11 rings (SSSR count). The number of fused-ring (bicyclic) bond motifs is 3. The molecular formula is C48H51FN14O3. The molecule has 1 aliphatic carbocycles. The molecule has 18 heteroatoms. The fourth-order valence-corrected chi connectivity index (χ4v) is 10.6. The van der Waals surface area contributed by atoms with Crippen LogP contribution >= 0.6 is 0 Å². The molecule has 4 aliphatic heterocycles. The maximum absolute atomic E-state index is 15.4. The second kappa shape index (κ2) is 17.9. The molecule has 5 aromatic heterocycles. The van der Waals surface area contributed by atoms with Gasteiger partial charge in [-0.25, -0.2) is 18.9 Å². The smallest absolute Gasteiger partial charge is 0.249 e. The van der Waals surface area contributed by atoms with Crippen LogP contribution < -0.4 is 20.4 Å². The molecule has 0 unspecified atom stereocenters. The summed E-state index contributed by atoms with van der Waals surface area (Å²) in [7, 11) is 0. The van der Waals surface area contributed by atoms with E-state index in [1.807, 2.05) is 49.1 Å². The number of piperazine rings is 2. The summed E-state index contributed by atoms with van der Waals surface area (Å²) in [6.07, 6.45) is 15.8. The number of amides is 2. The lowest BCUT2D eigenvalue weighted by Crippen LogP contribution is -2.64. The van der Waals surface area contributed by atoms with Gasteiger partial charge in [-0.05, 0) is 74.6 Å². The van der Waals surface area contributed by atoms with E-state index < -0.39 is 6.04 Å². The molecule has 1 saturated carbocycles. The van der Waals surface area contributed by atoms with E-state index >= 15 is 4.39 Å². The van der Waals surface area contributed by atoms with Crippen LogP contribution in [0.1, 0.15) is 55.8 Å². The first-order chi connectivity index (χ1) is 32.3. The highest BCUT2D eigenvalue weighted by Crippen LogP contribution is 2.35. The molecule has 2 bridgehead atoms. The molecular weight excluding hydrogens is 840 g/mol. The highest BCUT2D eigenvalue weighted by atomic mass is 19.1. The maximum Gasteiger partial charge on any atom is 0.249 e. The molecule has 0 radical (unpaired) electrons. The number of nitriles is 1. The number of nitrogens with zero attached hydrogens (tertiary/aromatic N) is 12. The van der Waals surface area contributed by atoms with Gasteiger partial charge in [0.1, 0.15) is 34.8 Å². The van der Waals surface area contributed by atoms with E-state index in [0.29, 0.717) is 59.5 Å². The van der Waals surface area contributed by atoms with Crippen LogP contribution in [0.5, 0.6) is 0 Å². The zero-order valence-electron chi connectivity index (χ0n) is 36.5. The third kappa shape index (κ3) is 8.33.